The molecule has 1 heterocycles. The molecule has 3 nitrogen and oxygen atoms in total. The van der Waals surface area contributed by atoms with E-state index in [0.29, 0.717) is 5.92 Å². The van der Waals surface area contributed by atoms with E-state index in [2.05, 4.69) is 12.2 Å². The van der Waals surface area contributed by atoms with Gasteiger partial charge in [-0.1, -0.05) is 19.8 Å². The lowest BCUT2D eigenvalue weighted by Gasteiger charge is -2.27. The third kappa shape index (κ3) is 3.35. The lowest BCUT2D eigenvalue weighted by Crippen LogP contribution is -2.43. The summed E-state index contributed by atoms with van der Waals surface area (Å²) in [6.45, 7) is 3.08. The molecule has 0 saturated carbocycles. The minimum atomic E-state index is -0.700. The Labute approximate surface area is 79.5 Å². The zero-order valence-corrected chi connectivity index (χ0v) is 8.25. The van der Waals surface area contributed by atoms with Crippen molar-refractivity contribution in [2.75, 3.05) is 6.54 Å². The normalized spacial score (nSPS) is 28.7. The maximum absolute atomic E-state index is 10.6. The van der Waals surface area contributed by atoms with Crippen LogP contribution in [0.15, 0.2) is 0 Å². The molecule has 2 atom stereocenters. The van der Waals surface area contributed by atoms with Gasteiger partial charge in [0, 0.05) is 0 Å². The highest BCUT2D eigenvalue weighted by Crippen LogP contribution is 2.19. The highest BCUT2D eigenvalue weighted by atomic mass is 16.4. The van der Waals surface area contributed by atoms with Crippen LogP contribution in [0.25, 0.3) is 0 Å². The van der Waals surface area contributed by atoms with Gasteiger partial charge in [-0.05, 0) is 31.7 Å². The van der Waals surface area contributed by atoms with E-state index in [-0.39, 0.29) is 6.04 Å². The third-order valence-electron chi connectivity index (χ3n) is 2.78. The standard InChI is InChI=1S/C10H19NO2/c1-2-3-4-8-5-6-9(10(12)13)11-7-8/h8-9,11H,2-7H2,1H3,(H,12,13)/t8-,9-/m1/s1. The van der Waals surface area contributed by atoms with Crippen LogP contribution >= 0.6 is 0 Å². The first kappa shape index (κ1) is 10.5. The molecule has 0 aromatic carbocycles. The molecule has 0 bridgehead atoms. The summed E-state index contributed by atoms with van der Waals surface area (Å²) in [6.07, 6.45) is 5.62. The molecular weight excluding hydrogens is 166 g/mol. The minimum Gasteiger partial charge on any atom is -0.480 e. The Morgan fingerprint density at radius 3 is 2.77 bits per heavy atom. The fourth-order valence-corrected chi connectivity index (χ4v) is 1.87. The highest BCUT2D eigenvalue weighted by molar-refractivity contribution is 5.73. The number of piperidine rings is 1. The van der Waals surface area contributed by atoms with Crippen LogP contribution in [0.5, 0.6) is 0 Å². The Balaban J connectivity index is 2.18. The van der Waals surface area contributed by atoms with E-state index >= 15 is 0 Å². The van der Waals surface area contributed by atoms with E-state index in [4.69, 9.17) is 5.11 Å². The van der Waals surface area contributed by atoms with Crippen molar-refractivity contribution in [1.29, 1.82) is 0 Å². The average molecular weight is 185 g/mol. The molecule has 1 rings (SSSR count). The van der Waals surface area contributed by atoms with Crippen LogP contribution in [-0.4, -0.2) is 23.7 Å². The van der Waals surface area contributed by atoms with Gasteiger partial charge in [-0.25, -0.2) is 0 Å². The Kier molecular flexibility index (Phi) is 4.22. The summed E-state index contributed by atoms with van der Waals surface area (Å²) in [6, 6.07) is -0.294. The van der Waals surface area contributed by atoms with Crippen molar-refractivity contribution in [3.63, 3.8) is 0 Å². The van der Waals surface area contributed by atoms with Crippen LogP contribution in [0.3, 0.4) is 0 Å². The van der Waals surface area contributed by atoms with Crippen LogP contribution in [0.4, 0.5) is 0 Å². The number of carbonyl (C=O) groups is 1. The maximum atomic E-state index is 10.6. The Bertz CT molecular complexity index is 162. The first-order valence-corrected chi connectivity index (χ1v) is 5.20. The molecule has 0 radical (unpaired) electrons. The molecule has 1 aliphatic heterocycles. The van der Waals surface area contributed by atoms with E-state index in [1.54, 1.807) is 0 Å². The van der Waals surface area contributed by atoms with Crippen LogP contribution in [0.2, 0.25) is 0 Å². The van der Waals surface area contributed by atoms with E-state index < -0.39 is 5.97 Å². The second kappa shape index (κ2) is 5.22. The first-order valence-electron chi connectivity index (χ1n) is 5.20. The molecular formula is C10H19NO2. The van der Waals surface area contributed by atoms with Crippen molar-refractivity contribution >= 4 is 5.97 Å². The number of aliphatic carboxylic acids is 1. The number of carboxylic acids is 1. The van der Waals surface area contributed by atoms with Gasteiger partial charge in [-0.15, -0.1) is 0 Å². The van der Waals surface area contributed by atoms with E-state index in [1.807, 2.05) is 0 Å². The SMILES string of the molecule is CCCC[C@@H]1CC[C@H](C(=O)O)NC1. The third-order valence-corrected chi connectivity index (χ3v) is 2.78. The predicted molar refractivity (Wildman–Crippen MR) is 51.7 cm³/mol. The summed E-state index contributed by atoms with van der Waals surface area (Å²) in [5.74, 6) is 0.00416. The smallest absolute Gasteiger partial charge is 0.320 e. The molecule has 76 valence electrons. The lowest BCUT2D eigenvalue weighted by atomic mass is 9.91. The predicted octanol–water partition coefficient (Wildman–Crippen LogP) is 1.63. The van der Waals surface area contributed by atoms with Gasteiger partial charge in [0.2, 0.25) is 0 Å². The molecule has 3 heteroatoms. The quantitative estimate of drug-likeness (QED) is 0.700. The largest absolute Gasteiger partial charge is 0.480 e. The summed E-state index contributed by atoms with van der Waals surface area (Å²) in [4.78, 5) is 10.6. The molecule has 0 aromatic heterocycles. The Morgan fingerprint density at radius 2 is 2.31 bits per heavy atom. The number of hydrogen-bond donors (Lipinski definition) is 2. The summed E-state index contributed by atoms with van der Waals surface area (Å²) < 4.78 is 0. The van der Waals surface area contributed by atoms with E-state index in [1.165, 1.54) is 19.3 Å². The monoisotopic (exact) mass is 185 g/mol. The van der Waals surface area contributed by atoms with Crippen LogP contribution < -0.4 is 5.32 Å². The van der Waals surface area contributed by atoms with Crippen molar-refractivity contribution in [1.82, 2.24) is 5.32 Å². The molecule has 0 spiro atoms. The topological polar surface area (TPSA) is 49.3 Å². The zero-order chi connectivity index (χ0) is 9.68. The lowest BCUT2D eigenvalue weighted by molar-refractivity contribution is -0.140. The van der Waals surface area contributed by atoms with E-state index in [9.17, 15) is 4.79 Å². The van der Waals surface area contributed by atoms with Crippen LogP contribution in [-0.2, 0) is 4.79 Å². The Hall–Kier alpha value is -0.570. The molecule has 2 N–H and O–H groups in total. The summed E-state index contributed by atoms with van der Waals surface area (Å²) in [7, 11) is 0. The fourth-order valence-electron chi connectivity index (χ4n) is 1.87. The summed E-state index contributed by atoms with van der Waals surface area (Å²) in [5, 5.41) is 11.8. The number of rotatable bonds is 4. The second-order valence-electron chi connectivity index (χ2n) is 3.88. The molecule has 1 fully saturated rings. The summed E-state index contributed by atoms with van der Waals surface area (Å²) >= 11 is 0. The van der Waals surface area contributed by atoms with Crippen LogP contribution in [0.1, 0.15) is 39.0 Å². The number of carboxylic acid groups (broad SMARTS) is 1. The molecule has 0 aliphatic carbocycles. The first-order chi connectivity index (χ1) is 6.24. The van der Waals surface area contributed by atoms with Gasteiger partial charge in [-0.3, -0.25) is 4.79 Å². The molecule has 13 heavy (non-hydrogen) atoms. The fraction of sp³-hybridized carbons (Fsp3) is 0.900. The van der Waals surface area contributed by atoms with Crippen molar-refractivity contribution in [3.05, 3.63) is 0 Å². The van der Waals surface area contributed by atoms with Gasteiger partial charge < -0.3 is 10.4 Å². The van der Waals surface area contributed by atoms with Crippen molar-refractivity contribution < 1.29 is 9.90 Å². The Morgan fingerprint density at radius 1 is 1.54 bits per heavy atom. The van der Waals surface area contributed by atoms with Gasteiger partial charge in [0.1, 0.15) is 6.04 Å². The summed E-state index contributed by atoms with van der Waals surface area (Å²) in [5.41, 5.74) is 0. The van der Waals surface area contributed by atoms with Gasteiger partial charge in [0.25, 0.3) is 0 Å². The van der Waals surface area contributed by atoms with Crippen molar-refractivity contribution in [3.8, 4) is 0 Å². The molecule has 1 aliphatic rings. The van der Waals surface area contributed by atoms with Crippen molar-refractivity contribution in [2.45, 2.75) is 45.1 Å². The maximum Gasteiger partial charge on any atom is 0.320 e. The van der Waals surface area contributed by atoms with Gasteiger partial charge in [-0.2, -0.15) is 0 Å². The van der Waals surface area contributed by atoms with Gasteiger partial charge in [0.15, 0.2) is 0 Å². The van der Waals surface area contributed by atoms with E-state index in [0.717, 1.165) is 19.4 Å². The molecule has 0 amide bonds. The average Bonchev–Trinajstić information content (AvgIpc) is 2.15. The molecule has 0 aromatic rings. The minimum absolute atomic E-state index is 0.294. The number of nitrogens with one attached hydrogen (secondary N) is 1. The van der Waals surface area contributed by atoms with Gasteiger partial charge in [0.05, 0.1) is 0 Å². The van der Waals surface area contributed by atoms with Crippen molar-refractivity contribution in [2.24, 2.45) is 5.92 Å². The molecule has 0 unspecified atom stereocenters. The van der Waals surface area contributed by atoms with Gasteiger partial charge >= 0.3 is 5.97 Å². The second-order valence-corrected chi connectivity index (χ2v) is 3.88. The zero-order valence-electron chi connectivity index (χ0n) is 8.25. The number of unbranched alkanes of at least 4 members (excludes halogenated alkanes) is 1. The number of hydrogen-bond acceptors (Lipinski definition) is 2. The molecule has 1 saturated heterocycles. The van der Waals surface area contributed by atoms with Crippen LogP contribution in [0, 0.1) is 5.92 Å². The highest BCUT2D eigenvalue weighted by Gasteiger charge is 2.24.